The van der Waals surface area contributed by atoms with Gasteiger partial charge in [-0.3, -0.25) is 19.2 Å². The maximum absolute atomic E-state index is 13.7. The van der Waals surface area contributed by atoms with Gasteiger partial charge >= 0.3 is 0 Å². The van der Waals surface area contributed by atoms with Crippen LogP contribution in [-0.4, -0.2) is 106 Å². The van der Waals surface area contributed by atoms with Gasteiger partial charge in [0.1, 0.15) is 11.9 Å². The summed E-state index contributed by atoms with van der Waals surface area (Å²) in [5.41, 5.74) is 0.547. The second-order valence-corrected chi connectivity index (χ2v) is 12.4. The van der Waals surface area contributed by atoms with Gasteiger partial charge in [0, 0.05) is 62.0 Å². The first-order chi connectivity index (χ1) is 20.7. The minimum atomic E-state index is -0.693. The lowest BCUT2D eigenvalue weighted by Crippen LogP contribution is -2.49. The highest BCUT2D eigenvalue weighted by molar-refractivity contribution is 8.13. The van der Waals surface area contributed by atoms with Gasteiger partial charge in [0.25, 0.3) is 0 Å². The van der Waals surface area contributed by atoms with E-state index < -0.39 is 12.0 Å². The molecule has 1 aromatic heterocycles. The van der Waals surface area contributed by atoms with Crippen LogP contribution in [0.1, 0.15) is 27.2 Å². The fourth-order valence-corrected chi connectivity index (χ4v) is 6.60. The van der Waals surface area contributed by atoms with Crippen LogP contribution in [0.4, 0.5) is 11.8 Å². The lowest BCUT2D eigenvalue weighted by Gasteiger charge is -2.34. The predicted octanol–water partition coefficient (Wildman–Crippen LogP) is 3.02. The average Bonchev–Trinajstić information content (AvgIpc) is 3.51. The lowest BCUT2D eigenvalue weighted by atomic mass is 10.1. The maximum atomic E-state index is 13.7. The first-order valence-corrected chi connectivity index (χ1v) is 16.3. The van der Waals surface area contributed by atoms with Crippen molar-refractivity contribution in [3.05, 3.63) is 24.3 Å². The highest BCUT2D eigenvalue weighted by atomic mass is 32.2. The van der Waals surface area contributed by atoms with Gasteiger partial charge in [-0.2, -0.15) is 4.98 Å². The van der Waals surface area contributed by atoms with Crippen LogP contribution < -0.4 is 19.7 Å². The molecule has 0 radical (unpaired) electrons. The highest BCUT2D eigenvalue weighted by Gasteiger charge is 2.37. The Labute approximate surface area is 259 Å². The summed E-state index contributed by atoms with van der Waals surface area (Å²) in [6, 6.07) is 2.76. The zero-order valence-electron chi connectivity index (χ0n) is 25.1. The van der Waals surface area contributed by atoms with Crippen molar-refractivity contribution in [3.63, 3.8) is 0 Å². The number of carbonyl (C=O) groups excluding carboxylic acids is 4. The van der Waals surface area contributed by atoms with Crippen molar-refractivity contribution < 1.29 is 28.7 Å². The van der Waals surface area contributed by atoms with Crippen LogP contribution in [0, 0.1) is 5.92 Å². The fraction of sp³-hybridized carbons (Fsp3) is 0.517. The number of anilines is 2. The minimum Gasteiger partial charge on any atom is -0.493 e. The van der Waals surface area contributed by atoms with Crippen molar-refractivity contribution in [1.29, 1.82) is 0 Å². The number of fused-ring (bicyclic) bond motifs is 1. The molecule has 232 valence electrons. The van der Waals surface area contributed by atoms with Gasteiger partial charge in [0.15, 0.2) is 16.6 Å². The van der Waals surface area contributed by atoms with Gasteiger partial charge in [0.05, 0.1) is 25.6 Å². The third-order valence-corrected chi connectivity index (χ3v) is 9.31. The topological polar surface area (TPSA) is 134 Å². The standard InChI is InChI=1S/C29H38N6O6S2/c1-6-7-8-25(37)33-9-11-34(12-10-33)29-30-21-14-24(41-5)23(40-4)13-20(21)26(32-29)31-27(38)22-16-42-17-35(22)28(39)18(2)15-43-19(3)36/h7-8,13-14,18,22H,6,9-12,15-17H2,1-5H3,(H,30,31,32,38). The summed E-state index contributed by atoms with van der Waals surface area (Å²) in [5, 5.41) is 3.47. The summed E-state index contributed by atoms with van der Waals surface area (Å²) in [7, 11) is 3.06. The van der Waals surface area contributed by atoms with E-state index >= 15 is 0 Å². The SMILES string of the molecule is CCC=CC(=O)N1CCN(c2nc(NC(=O)C3CSCN3C(=O)C(C)CSC(C)=O)c3cc(OC)c(OC)cc3n2)CC1. The fourth-order valence-electron chi connectivity index (χ4n) is 4.80. The Morgan fingerprint density at radius 1 is 1.12 bits per heavy atom. The molecule has 2 saturated heterocycles. The number of allylic oxidation sites excluding steroid dienone is 1. The average molecular weight is 631 g/mol. The molecule has 0 aliphatic carbocycles. The number of carbonyl (C=O) groups is 4. The number of thioether (sulfide) groups is 2. The number of rotatable bonds is 10. The lowest BCUT2D eigenvalue weighted by molar-refractivity contribution is -0.138. The molecule has 2 unspecified atom stereocenters. The molecule has 2 fully saturated rings. The van der Waals surface area contributed by atoms with Gasteiger partial charge in [-0.15, -0.1) is 11.8 Å². The molecule has 12 nitrogen and oxygen atoms in total. The van der Waals surface area contributed by atoms with Crippen LogP contribution in [0.15, 0.2) is 24.3 Å². The van der Waals surface area contributed by atoms with Gasteiger partial charge < -0.3 is 29.5 Å². The Morgan fingerprint density at radius 2 is 1.81 bits per heavy atom. The van der Waals surface area contributed by atoms with E-state index in [9.17, 15) is 19.2 Å². The van der Waals surface area contributed by atoms with E-state index in [1.165, 1.54) is 32.9 Å². The Morgan fingerprint density at radius 3 is 2.47 bits per heavy atom. The smallest absolute Gasteiger partial charge is 0.249 e. The van der Waals surface area contributed by atoms with Crippen molar-refractivity contribution in [2.75, 3.05) is 68.0 Å². The summed E-state index contributed by atoms with van der Waals surface area (Å²) < 4.78 is 11.0. The predicted molar refractivity (Wildman–Crippen MR) is 170 cm³/mol. The molecule has 1 aromatic carbocycles. The molecule has 3 amide bonds. The molecule has 0 saturated carbocycles. The zero-order chi connectivity index (χ0) is 31.1. The molecular formula is C29H38N6O6S2. The Kier molecular flexibility index (Phi) is 11.1. The van der Waals surface area contributed by atoms with E-state index in [1.807, 2.05) is 17.9 Å². The first-order valence-electron chi connectivity index (χ1n) is 14.1. The molecule has 14 heteroatoms. The molecule has 1 N–H and O–H groups in total. The number of nitrogens with zero attached hydrogens (tertiary/aromatic N) is 5. The molecule has 2 aromatic rings. The number of methoxy groups -OCH3 is 2. The largest absolute Gasteiger partial charge is 0.493 e. The van der Waals surface area contributed by atoms with Crippen LogP contribution in [-0.2, 0) is 19.2 Å². The van der Waals surface area contributed by atoms with Gasteiger partial charge in [-0.05, 0) is 18.6 Å². The van der Waals surface area contributed by atoms with Crippen molar-refractivity contribution >= 4 is 69.0 Å². The van der Waals surface area contributed by atoms with Gasteiger partial charge in [-0.1, -0.05) is 31.7 Å². The summed E-state index contributed by atoms with van der Waals surface area (Å²) in [6.45, 7) is 7.30. The van der Waals surface area contributed by atoms with E-state index in [-0.39, 0.29) is 22.8 Å². The minimum absolute atomic E-state index is 0.0200. The van der Waals surface area contributed by atoms with Crippen molar-refractivity contribution in [2.45, 2.75) is 33.2 Å². The van der Waals surface area contributed by atoms with Gasteiger partial charge in [0.2, 0.25) is 23.7 Å². The molecular weight excluding hydrogens is 592 g/mol. The zero-order valence-corrected chi connectivity index (χ0v) is 26.8. The summed E-state index contributed by atoms with van der Waals surface area (Å²) in [5.74, 6) is 1.89. The van der Waals surface area contributed by atoms with Gasteiger partial charge in [-0.25, -0.2) is 4.98 Å². The van der Waals surface area contributed by atoms with Crippen LogP contribution in [0.25, 0.3) is 10.9 Å². The number of piperazine rings is 1. The van der Waals surface area contributed by atoms with Crippen LogP contribution in [0.3, 0.4) is 0 Å². The van der Waals surface area contributed by atoms with Crippen LogP contribution in [0.5, 0.6) is 11.5 Å². The summed E-state index contributed by atoms with van der Waals surface area (Å²) in [6.07, 6.45) is 4.25. The monoisotopic (exact) mass is 630 g/mol. The Balaban J connectivity index is 1.60. The van der Waals surface area contributed by atoms with Crippen molar-refractivity contribution in [1.82, 2.24) is 19.8 Å². The summed E-state index contributed by atoms with van der Waals surface area (Å²) in [4.78, 5) is 65.6. The number of hydrogen-bond donors (Lipinski definition) is 1. The molecule has 3 heterocycles. The number of amides is 3. The molecule has 0 spiro atoms. The quantitative estimate of drug-likeness (QED) is 0.388. The van der Waals surface area contributed by atoms with E-state index in [0.717, 1.165) is 18.2 Å². The second-order valence-electron chi connectivity index (χ2n) is 10.2. The van der Waals surface area contributed by atoms with E-state index in [0.29, 0.717) is 77.7 Å². The number of benzene rings is 1. The van der Waals surface area contributed by atoms with E-state index in [4.69, 9.17) is 19.4 Å². The van der Waals surface area contributed by atoms with Crippen LogP contribution >= 0.6 is 23.5 Å². The second kappa shape index (κ2) is 14.8. The van der Waals surface area contributed by atoms with E-state index in [2.05, 4.69) is 5.32 Å². The van der Waals surface area contributed by atoms with Crippen molar-refractivity contribution in [3.8, 4) is 11.5 Å². The molecule has 2 atom stereocenters. The number of hydrogen-bond acceptors (Lipinski definition) is 11. The summed E-state index contributed by atoms with van der Waals surface area (Å²) >= 11 is 2.61. The normalized spacial score (nSPS) is 17.8. The molecule has 2 aliphatic rings. The number of aromatic nitrogens is 2. The third kappa shape index (κ3) is 7.71. The highest BCUT2D eigenvalue weighted by Crippen LogP contribution is 2.35. The van der Waals surface area contributed by atoms with E-state index in [1.54, 1.807) is 34.9 Å². The number of ether oxygens (including phenoxy) is 2. The third-order valence-electron chi connectivity index (χ3n) is 7.23. The molecule has 43 heavy (non-hydrogen) atoms. The first kappa shape index (κ1) is 32.4. The molecule has 2 aliphatic heterocycles. The van der Waals surface area contributed by atoms with Crippen molar-refractivity contribution in [2.24, 2.45) is 5.92 Å². The maximum Gasteiger partial charge on any atom is 0.249 e. The molecule has 4 rings (SSSR count). The Hall–Kier alpha value is -3.52. The Bertz CT molecular complexity index is 1400. The number of nitrogens with one attached hydrogen (secondary N) is 1. The van der Waals surface area contributed by atoms with Crippen LogP contribution in [0.2, 0.25) is 0 Å². The molecule has 0 bridgehead atoms.